The Labute approximate surface area is 141 Å². The van der Waals surface area contributed by atoms with Gasteiger partial charge in [-0.1, -0.05) is 17.7 Å². The van der Waals surface area contributed by atoms with E-state index in [1.54, 1.807) is 58.9 Å². The van der Waals surface area contributed by atoms with Crippen molar-refractivity contribution in [2.45, 2.75) is 45.8 Å². The number of rotatable bonds is 4. The van der Waals surface area contributed by atoms with Gasteiger partial charge in [-0.2, -0.15) is 0 Å². The van der Waals surface area contributed by atoms with Crippen LogP contribution in [0, 0.1) is 0 Å². The molecule has 0 spiro atoms. The van der Waals surface area contributed by atoms with E-state index >= 15 is 0 Å². The molecule has 7 heteroatoms. The fourth-order valence-electron chi connectivity index (χ4n) is 1.67. The van der Waals surface area contributed by atoms with E-state index in [1.807, 2.05) is 0 Å². The van der Waals surface area contributed by atoms with Gasteiger partial charge in [0.1, 0.15) is 5.60 Å². The predicted octanol–water partition coefficient (Wildman–Crippen LogP) is 3.76. The van der Waals surface area contributed by atoms with E-state index in [4.69, 9.17) is 16.3 Å². The van der Waals surface area contributed by atoms with Gasteiger partial charge in [0.25, 0.3) is 0 Å². The molecule has 0 atom stereocenters. The van der Waals surface area contributed by atoms with Crippen molar-refractivity contribution < 1.29 is 14.3 Å². The zero-order valence-electron chi connectivity index (χ0n) is 14.1. The van der Waals surface area contributed by atoms with Crippen molar-refractivity contribution in [3.63, 3.8) is 0 Å². The van der Waals surface area contributed by atoms with Gasteiger partial charge in [0, 0.05) is 17.3 Å². The summed E-state index contributed by atoms with van der Waals surface area (Å²) in [6.45, 7) is 9.18. The van der Waals surface area contributed by atoms with Crippen molar-refractivity contribution in [2.24, 2.45) is 0 Å². The predicted molar refractivity (Wildman–Crippen MR) is 91.9 cm³/mol. The average molecular weight is 342 g/mol. The number of nitrogens with one attached hydrogen (secondary N) is 3. The summed E-state index contributed by atoms with van der Waals surface area (Å²) in [6.07, 6.45) is -0.528. The summed E-state index contributed by atoms with van der Waals surface area (Å²) in [4.78, 5) is 23.6. The number of hydrogen-bond acceptors (Lipinski definition) is 3. The maximum absolute atomic E-state index is 11.9. The van der Waals surface area contributed by atoms with Crippen molar-refractivity contribution in [2.75, 3.05) is 11.9 Å². The van der Waals surface area contributed by atoms with Crippen molar-refractivity contribution in [1.29, 1.82) is 0 Å². The smallest absolute Gasteiger partial charge is 0.408 e. The first kappa shape index (κ1) is 19.1. The second-order valence-corrected chi connectivity index (χ2v) is 7.27. The minimum atomic E-state index is -0.659. The standard InChI is InChI=1S/C16H24ClN3O3/c1-15(2,3)23-14(22)20-16(4,5)10-18-13(21)19-12-8-6-7-11(17)9-12/h6-9H,10H2,1-5H3,(H,20,22)(H2,18,19,21). The first-order valence-electron chi connectivity index (χ1n) is 7.28. The lowest BCUT2D eigenvalue weighted by Crippen LogP contribution is -2.53. The maximum atomic E-state index is 11.9. The van der Waals surface area contributed by atoms with Crippen LogP contribution in [0.1, 0.15) is 34.6 Å². The molecule has 0 aromatic heterocycles. The molecule has 128 valence electrons. The van der Waals surface area contributed by atoms with E-state index in [-0.39, 0.29) is 12.6 Å². The molecule has 0 aliphatic carbocycles. The van der Waals surface area contributed by atoms with Gasteiger partial charge >= 0.3 is 12.1 Å². The number of ether oxygens (including phenoxy) is 1. The molecule has 6 nitrogen and oxygen atoms in total. The number of urea groups is 1. The van der Waals surface area contributed by atoms with E-state index in [2.05, 4.69) is 16.0 Å². The summed E-state index contributed by atoms with van der Waals surface area (Å²) in [5.41, 5.74) is -0.640. The third kappa shape index (κ3) is 8.30. The summed E-state index contributed by atoms with van der Waals surface area (Å²) < 4.78 is 5.20. The lowest BCUT2D eigenvalue weighted by Gasteiger charge is -2.28. The molecule has 0 unspecified atom stereocenters. The molecule has 0 aliphatic heterocycles. The monoisotopic (exact) mass is 341 g/mol. The van der Waals surface area contributed by atoms with Gasteiger partial charge in [-0.15, -0.1) is 0 Å². The lowest BCUT2D eigenvalue weighted by molar-refractivity contribution is 0.0473. The van der Waals surface area contributed by atoms with Crippen LogP contribution in [0.3, 0.4) is 0 Å². The molecule has 0 bridgehead atoms. The number of halogens is 1. The Morgan fingerprint density at radius 2 is 1.83 bits per heavy atom. The van der Waals surface area contributed by atoms with Gasteiger partial charge < -0.3 is 20.7 Å². The van der Waals surface area contributed by atoms with Crippen LogP contribution in [0.2, 0.25) is 5.02 Å². The van der Waals surface area contributed by atoms with Crippen LogP contribution in [-0.4, -0.2) is 29.8 Å². The van der Waals surface area contributed by atoms with Gasteiger partial charge in [0.2, 0.25) is 0 Å². The van der Waals surface area contributed by atoms with Crippen molar-refractivity contribution in [1.82, 2.24) is 10.6 Å². The van der Waals surface area contributed by atoms with Crippen LogP contribution in [0.25, 0.3) is 0 Å². The maximum Gasteiger partial charge on any atom is 0.408 e. The van der Waals surface area contributed by atoms with Gasteiger partial charge in [-0.25, -0.2) is 9.59 Å². The first-order chi connectivity index (χ1) is 10.5. The first-order valence-corrected chi connectivity index (χ1v) is 7.66. The van der Waals surface area contributed by atoms with Gasteiger partial charge in [0.05, 0.1) is 5.54 Å². The van der Waals surface area contributed by atoms with Crippen LogP contribution in [-0.2, 0) is 4.74 Å². The van der Waals surface area contributed by atoms with Gasteiger partial charge in [-0.3, -0.25) is 0 Å². The van der Waals surface area contributed by atoms with Crippen molar-refractivity contribution >= 4 is 29.4 Å². The molecular weight excluding hydrogens is 318 g/mol. The molecule has 1 rings (SSSR count). The Morgan fingerprint density at radius 1 is 1.17 bits per heavy atom. The Kier molecular flexibility index (Phi) is 6.27. The van der Waals surface area contributed by atoms with Crippen molar-refractivity contribution in [3.05, 3.63) is 29.3 Å². The number of benzene rings is 1. The number of hydrogen-bond donors (Lipinski definition) is 3. The zero-order valence-corrected chi connectivity index (χ0v) is 14.9. The molecule has 0 heterocycles. The second-order valence-electron chi connectivity index (χ2n) is 6.83. The van der Waals surface area contributed by atoms with Crippen LogP contribution in [0.5, 0.6) is 0 Å². The van der Waals surface area contributed by atoms with E-state index in [1.165, 1.54) is 0 Å². The van der Waals surface area contributed by atoms with Crippen molar-refractivity contribution in [3.8, 4) is 0 Å². The summed E-state index contributed by atoms with van der Waals surface area (Å²) >= 11 is 5.85. The number of carbonyl (C=O) groups is 2. The Balaban J connectivity index is 2.45. The third-order valence-corrected chi connectivity index (χ3v) is 2.85. The molecular formula is C16H24ClN3O3. The molecule has 1 aromatic carbocycles. The number of amides is 3. The second kappa shape index (κ2) is 7.55. The van der Waals surface area contributed by atoms with Crippen LogP contribution < -0.4 is 16.0 Å². The third-order valence-electron chi connectivity index (χ3n) is 2.61. The fraction of sp³-hybridized carbons (Fsp3) is 0.500. The highest BCUT2D eigenvalue weighted by atomic mass is 35.5. The Bertz CT molecular complexity index is 568. The minimum Gasteiger partial charge on any atom is -0.444 e. The number of alkyl carbamates (subject to hydrolysis) is 1. The number of carbonyl (C=O) groups excluding carboxylic acids is 2. The van der Waals surface area contributed by atoms with E-state index in [9.17, 15) is 9.59 Å². The fourth-order valence-corrected chi connectivity index (χ4v) is 1.86. The molecule has 23 heavy (non-hydrogen) atoms. The quantitative estimate of drug-likeness (QED) is 0.780. The number of anilines is 1. The zero-order chi connectivity index (χ0) is 17.7. The molecule has 0 fully saturated rings. The normalized spacial score (nSPS) is 11.6. The topological polar surface area (TPSA) is 79.5 Å². The Morgan fingerprint density at radius 3 is 2.39 bits per heavy atom. The minimum absolute atomic E-state index is 0.235. The molecule has 3 N–H and O–H groups in total. The van der Waals surface area contributed by atoms with Crippen LogP contribution in [0.4, 0.5) is 15.3 Å². The molecule has 0 saturated carbocycles. The largest absolute Gasteiger partial charge is 0.444 e. The van der Waals surface area contributed by atoms with E-state index in [0.717, 1.165) is 0 Å². The molecule has 0 radical (unpaired) electrons. The van der Waals surface area contributed by atoms with Crippen LogP contribution >= 0.6 is 11.6 Å². The highest BCUT2D eigenvalue weighted by Crippen LogP contribution is 2.14. The highest BCUT2D eigenvalue weighted by Gasteiger charge is 2.25. The van der Waals surface area contributed by atoms with Crippen LogP contribution in [0.15, 0.2) is 24.3 Å². The molecule has 1 aromatic rings. The summed E-state index contributed by atoms with van der Waals surface area (Å²) in [6, 6.07) is 6.46. The molecule has 3 amide bonds. The lowest BCUT2D eigenvalue weighted by atomic mass is 10.1. The van der Waals surface area contributed by atoms with E-state index < -0.39 is 17.2 Å². The Hall–Kier alpha value is -1.95. The van der Waals surface area contributed by atoms with E-state index in [0.29, 0.717) is 10.7 Å². The summed E-state index contributed by atoms with van der Waals surface area (Å²) in [5, 5.41) is 8.62. The summed E-state index contributed by atoms with van der Waals surface area (Å²) in [7, 11) is 0. The average Bonchev–Trinajstić information content (AvgIpc) is 2.33. The molecule has 0 saturated heterocycles. The molecule has 0 aliphatic rings. The highest BCUT2D eigenvalue weighted by molar-refractivity contribution is 6.30. The summed E-state index contributed by atoms with van der Waals surface area (Å²) in [5.74, 6) is 0. The SMILES string of the molecule is CC(C)(CNC(=O)Nc1cccc(Cl)c1)NC(=O)OC(C)(C)C. The van der Waals surface area contributed by atoms with Gasteiger partial charge in [-0.05, 0) is 52.8 Å². The van der Waals surface area contributed by atoms with Gasteiger partial charge in [0.15, 0.2) is 0 Å².